The molecule has 114 valence electrons. The van der Waals surface area contributed by atoms with Crippen molar-refractivity contribution in [1.29, 1.82) is 0 Å². The molecule has 0 N–H and O–H groups in total. The minimum absolute atomic E-state index is 0.0990. The van der Waals surface area contributed by atoms with Crippen LogP contribution < -0.4 is 0 Å². The molecule has 1 heterocycles. The van der Waals surface area contributed by atoms with Gasteiger partial charge >= 0.3 is 0 Å². The van der Waals surface area contributed by atoms with Crippen molar-refractivity contribution in [2.75, 3.05) is 13.6 Å². The third-order valence-electron chi connectivity index (χ3n) is 4.00. The lowest BCUT2D eigenvalue weighted by atomic mass is 9.81. The molecule has 21 heavy (non-hydrogen) atoms. The van der Waals surface area contributed by atoms with Gasteiger partial charge in [0, 0.05) is 24.3 Å². The van der Waals surface area contributed by atoms with Gasteiger partial charge in [-0.1, -0.05) is 50.6 Å². The van der Waals surface area contributed by atoms with Gasteiger partial charge in [-0.05, 0) is 54.0 Å². The summed E-state index contributed by atoms with van der Waals surface area (Å²) in [6.07, 6.45) is 8.46. The summed E-state index contributed by atoms with van der Waals surface area (Å²) in [6.45, 7) is 7.94. The maximum atomic E-state index is 6.03. The van der Waals surface area contributed by atoms with Crippen LogP contribution in [0.5, 0.6) is 0 Å². The average molecular weight is 304 g/mol. The Bertz CT molecular complexity index is 532. The van der Waals surface area contributed by atoms with E-state index in [1.54, 1.807) is 0 Å². The number of hydrogen-bond donors (Lipinski definition) is 0. The van der Waals surface area contributed by atoms with Crippen molar-refractivity contribution in [1.82, 2.24) is 4.90 Å². The molecular formula is C19H26ClN. The normalized spacial score (nSPS) is 17.5. The molecule has 0 saturated heterocycles. The number of nitrogens with zero attached hydrogens (tertiary/aromatic N) is 1. The molecule has 1 aromatic rings. The fourth-order valence-electron chi connectivity index (χ4n) is 2.71. The van der Waals surface area contributed by atoms with Crippen molar-refractivity contribution in [2.24, 2.45) is 5.41 Å². The molecule has 1 aliphatic heterocycles. The first kappa shape index (κ1) is 16.2. The van der Waals surface area contributed by atoms with Gasteiger partial charge < -0.3 is 4.90 Å². The third kappa shape index (κ3) is 4.38. The van der Waals surface area contributed by atoms with E-state index in [-0.39, 0.29) is 5.41 Å². The molecule has 0 aromatic heterocycles. The summed E-state index contributed by atoms with van der Waals surface area (Å²) in [5.74, 6) is 0. The molecule has 0 radical (unpaired) electrons. The van der Waals surface area contributed by atoms with E-state index in [0.29, 0.717) is 0 Å². The fourth-order valence-corrected chi connectivity index (χ4v) is 2.83. The SMILES string of the molecule is CN1CCCCC=C1/C=C(\c1ccc(Cl)cc1)C(C)(C)C. The Hall–Kier alpha value is -1.21. The molecule has 0 spiro atoms. The Morgan fingerprint density at radius 1 is 1.14 bits per heavy atom. The zero-order valence-electron chi connectivity index (χ0n) is 13.6. The summed E-state index contributed by atoms with van der Waals surface area (Å²) < 4.78 is 0. The molecule has 2 rings (SSSR count). The third-order valence-corrected chi connectivity index (χ3v) is 4.25. The first-order chi connectivity index (χ1) is 9.88. The number of hydrogen-bond acceptors (Lipinski definition) is 1. The summed E-state index contributed by atoms with van der Waals surface area (Å²) in [7, 11) is 2.19. The van der Waals surface area contributed by atoms with Crippen molar-refractivity contribution >= 4 is 17.2 Å². The van der Waals surface area contributed by atoms with Gasteiger partial charge in [-0.3, -0.25) is 0 Å². The zero-order valence-corrected chi connectivity index (χ0v) is 14.4. The topological polar surface area (TPSA) is 3.24 Å². The number of rotatable bonds is 2. The Balaban J connectivity index is 2.42. The molecule has 0 bridgehead atoms. The van der Waals surface area contributed by atoms with Gasteiger partial charge in [0.15, 0.2) is 0 Å². The highest BCUT2D eigenvalue weighted by Crippen LogP contribution is 2.36. The van der Waals surface area contributed by atoms with Crippen molar-refractivity contribution < 1.29 is 0 Å². The van der Waals surface area contributed by atoms with E-state index in [1.807, 2.05) is 12.1 Å². The van der Waals surface area contributed by atoms with Gasteiger partial charge in [0.2, 0.25) is 0 Å². The molecule has 1 nitrogen and oxygen atoms in total. The van der Waals surface area contributed by atoms with Crippen LogP contribution in [0.25, 0.3) is 5.57 Å². The van der Waals surface area contributed by atoms with Gasteiger partial charge in [-0.2, -0.15) is 0 Å². The van der Waals surface area contributed by atoms with Gasteiger partial charge in [0.1, 0.15) is 0 Å². The second kappa shape index (κ2) is 6.70. The molecule has 0 atom stereocenters. The van der Waals surface area contributed by atoms with Crippen molar-refractivity contribution in [3.8, 4) is 0 Å². The van der Waals surface area contributed by atoms with Crippen LogP contribution in [-0.4, -0.2) is 18.5 Å². The molecule has 1 aliphatic rings. The Morgan fingerprint density at radius 2 is 1.81 bits per heavy atom. The lowest BCUT2D eigenvalue weighted by Crippen LogP contribution is -2.18. The van der Waals surface area contributed by atoms with E-state index >= 15 is 0 Å². The van der Waals surface area contributed by atoms with E-state index < -0.39 is 0 Å². The fraction of sp³-hybridized carbons (Fsp3) is 0.474. The summed E-state index contributed by atoms with van der Waals surface area (Å²) in [6, 6.07) is 8.19. The van der Waals surface area contributed by atoms with Gasteiger partial charge in [0.25, 0.3) is 0 Å². The number of likely N-dealkylation sites (N-methyl/N-ethyl adjacent to an activating group) is 1. The lowest BCUT2D eigenvalue weighted by molar-refractivity contribution is 0.426. The standard InChI is InChI=1S/C19H26ClN/c1-19(2,3)18(15-9-11-16(20)12-10-15)14-17-8-6-5-7-13-21(17)4/h8-12,14H,5-7,13H2,1-4H3/b18-14+. The van der Waals surface area contributed by atoms with Crippen molar-refractivity contribution in [3.05, 3.63) is 52.7 Å². The number of allylic oxidation sites excluding steroid dienone is 3. The van der Waals surface area contributed by atoms with Crippen LogP contribution in [0, 0.1) is 5.41 Å². The van der Waals surface area contributed by atoms with E-state index in [0.717, 1.165) is 11.6 Å². The zero-order chi connectivity index (χ0) is 15.5. The van der Waals surface area contributed by atoms with Crippen molar-refractivity contribution in [2.45, 2.75) is 40.0 Å². The first-order valence-electron chi connectivity index (χ1n) is 7.77. The number of halogens is 1. The Labute approximate surface area is 134 Å². The van der Waals surface area contributed by atoms with Gasteiger partial charge in [0.05, 0.1) is 0 Å². The minimum atomic E-state index is 0.0990. The maximum absolute atomic E-state index is 6.03. The molecule has 0 saturated carbocycles. The molecule has 0 aliphatic carbocycles. The average Bonchev–Trinajstić information content (AvgIpc) is 2.61. The second-order valence-corrected chi connectivity index (χ2v) is 7.30. The largest absolute Gasteiger partial charge is 0.375 e. The molecule has 0 unspecified atom stereocenters. The number of benzene rings is 1. The molecule has 0 fully saturated rings. The van der Waals surface area contributed by atoms with Crippen LogP contribution in [-0.2, 0) is 0 Å². The van der Waals surface area contributed by atoms with E-state index in [9.17, 15) is 0 Å². The van der Waals surface area contributed by atoms with Crippen molar-refractivity contribution in [3.63, 3.8) is 0 Å². The summed E-state index contributed by atoms with van der Waals surface area (Å²) in [5.41, 5.74) is 4.05. The van der Waals surface area contributed by atoms with Crippen LogP contribution in [0.15, 0.2) is 42.1 Å². The van der Waals surface area contributed by atoms with Crippen LogP contribution in [0.2, 0.25) is 5.02 Å². The molecular weight excluding hydrogens is 278 g/mol. The monoisotopic (exact) mass is 303 g/mol. The van der Waals surface area contributed by atoms with Gasteiger partial charge in [-0.15, -0.1) is 0 Å². The predicted molar refractivity (Wildman–Crippen MR) is 93.4 cm³/mol. The second-order valence-electron chi connectivity index (χ2n) is 6.86. The van der Waals surface area contributed by atoms with Crippen LogP contribution in [0.3, 0.4) is 0 Å². The van der Waals surface area contributed by atoms with E-state index in [4.69, 9.17) is 11.6 Å². The van der Waals surface area contributed by atoms with E-state index in [2.05, 4.69) is 57.0 Å². The van der Waals surface area contributed by atoms with Crippen LogP contribution >= 0.6 is 11.6 Å². The minimum Gasteiger partial charge on any atom is -0.375 e. The molecule has 2 heteroatoms. The smallest absolute Gasteiger partial charge is 0.0406 e. The Kier molecular flexibility index (Phi) is 5.16. The predicted octanol–water partition coefficient (Wildman–Crippen LogP) is 5.77. The summed E-state index contributed by atoms with van der Waals surface area (Å²) in [5, 5.41) is 0.790. The highest BCUT2D eigenvalue weighted by atomic mass is 35.5. The lowest BCUT2D eigenvalue weighted by Gasteiger charge is -2.26. The summed E-state index contributed by atoms with van der Waals surface area (Å²) in [4.78, 5) is 2.37. The summed E-state index contributed by atoms with van der Waals surface area (Å²) >= 11 is 6.03. The highest BCUT2D eigenvalue weighted by Gasteiger charge is 2.20. The molecule has 1 aromatic carbocycles. The van der Waals surface area contributed by atoms with Crippen LogP contribution in [0.1, 0.15) is 45.6 Å². The highest BCUT2D eigenvalue weighted by molar-refractivity contribution is 6.30. The first-order valence-corrected chi connectivity index (χ1v) is 8.15. The quantitative estimate of drug-likeness (QED) is 0.670. The Morgan fingerprint density at radius 3 is 2.43 bits per heavy atom. The van der Waals surface area contributed by atoms with Crippen LogP contribution in [0.4, 0.5) is 0 Å². The molecule has 0 amide bonds. The van der Waals surface area contributed by atoms with E-state index in [1.165, 1.54) is 36.1 Å². The van der Waals surface area contributed by atoms with Gasteiger partial charge in [-0.25, -0.2) is 0 Å². The maximum Gasteiger partial charge on any atom is 0.0406 e.